The maximum Gasteiger partial charge on any atom is 0.256 e. The molecule has 16 heavy (non-hydrogen) atoms. The van der Waals surface area contributed by atoms with Crippen LogP contribution in [-0.4, -0.2) is 30.0 Å². The van der Waals surface area contributed by atoms with Gasteiger partial charge in [0.05, 0.1) is 24.6 Å². The van der Waals surface area contributed by atoms with Gasteiger partial charge >= 0.3 is 0 Å². The van der Waals surface area contributed by atoms with Gasteiger partial charge in [0.15, 0.2) is 0 Å². The van der Waals surface area contributed by atoms with Crippen LogP contribution in [0.2, 0.25) is 0 Å². The Morgan fingerprint density at radius 1 is 1.50 bits per heavy atom. The smallest absolute Gasteiger partial charge is 0.256 e. The highest BCUT2D eigenvalue weighted by molar-refractivity contribution is 5.47. The molecule has 1 unspecified atom stereocenters. The van der Waals surface area contributed by atoms with Gasteiger partial charge < -0.3 is 15.2 Å². The lowest BCUT2D eigenvalue weighted by atomic mass is 10.0. The summed E-state index contributed by atoms with van der Waals surface area (Å²) in [6.07, 6.45) is 4.52. The van der Waals surface area contributed by atoms with Gasteiger partial charge in [0.2, 0.25) is 0 Å². The van der Waals surface area contributed by atoms with Gasteiger partial charge in [-0.25, -0.2) is 0 Å². The van der Waals surface area contributed by atoms with E-state index in [4.69, 9.17) is 15.2 Å². The Hall–Kier alpha value is -1.36. The Bertz CT molecular complexity index is 351. The number of nitrogen functional groups attached to an aromatic ring is 1. The summed E-state index contributed by atoms with van der Waals surface area (Å²) in [6.45, 7) is 0.851. The largest absolute Gasteiger partial charge is 0.478 e. The zero-order chi connectivity index (χ0) is 11.4. The van der Waals surface area contributed by atoms with E-state index in [-0.39, 0.29) is 6.10 Å². The molecule has 1 atom stereocenters. The lowest BCUT2D eigenvalue weighted by Gasteiger charge is -2.22. The van der Waals surface area contributed by atoms with Crippen LogP contribution >= 0.6 is 0 Å². The molecule has 1 aromatic heterocycles. The predicted molar refractivity (Wildman–Crippen MR) is 60.3 cm³/mol. The maximum absolute atomic E-state index is 5.77. The summed E-state index contributed by atoms with van der Waals surface area (Å²) in [5.74, 6) is 0.383. The second kappa shape index (κ2) is 5.12. The minimum absolute atomic E-state index is 0.260. The second-order valence-electron chi connectivity index (χ2n) is 3.99. The topological polar surface area (TPSA) is 70.3 Å². The monoisotopic (exact) mass is 223 g/mol. The molecule has 2 heterocycles. The highest BCUT2D eigenvalue weighted by Crippen LogP contribution is 2.20. The standard InChI is InChI=1S/C11H17N3O2/c1-15-11-10(12)7-8(13-14-11)6-9-4-2-3-5-16-9/h7,9H,2-6H2,1H3,(H2,12,13). The van der Waals surface area contributed by atoms with Crippen molar-refractivity contribution in [3.63, 3.8) is 0 Å². The molecule has 88 valence electrons. The van der Waals surface area contributed by atoms with E-state index in [1.807, 2.05) is 6.07 Å². The summed E-state index contributed by atoms with van der Waals surface area (Å²) in [6, 6.07) is 1.81. The van der Waals surface area contributed by atoms with Crippen molar-refractivity contribution in [1.29, 1.82) is 0 Å². The fourth-order valence-corrected chi connectivity index (χ4v) is 1.90. The van der Waals surface area contributed by atoms with Crippen LogP contribution in [-0.2, 0) is 11.2 Å². The number of aromatic nitrogens is 2. The molecule has 1 aromatic rings. The molecule has 1 aliphatic rings. The molecule has 0 aliphatic carbocycles. The summed E-state index contributed by atoms with van der Waals surface area (Å²) in [4.78, 5) is 0. The number of nitrogens with two attached hydrogens (primary N) is 1. The molecular weight excluding hydrogens is 206 g/mol. The summed E-state index contributed by atoms with van der Waals surface area (Å²) >= 11 is 0. The van der Waals surface area contributed by atoms with Gasteiger partial charge in [0.25, 0.3) is 5.88 Å². The molecule has 0 bridgehead atoms. The molecule has 0 saturated carbocycles. The zero-order valence-corrected chi connectivity index (χ0v) is 9.48. The number of rotatable bonds is 3. The van der Waals surface area contributed by atoms with Gasteiger partial charge in [-0.3, -0.25) is 0 Å². The fourth-order valence-electron chi connectivity index (χ4n) is 1.90. The molecule has 5 nitrogen and oxygen atoms in total. The summed E-state index contributed by atoms with van der Waals surface area (Å²) in [5.41, 5.74) is 7.17. The summed E-state index contributed by atoms with van der Waals surface area (Å²) < 4.78 is 10.6. The van der Waals surface area contributed by atoms with E-state index < -0.39 is 0 Å². The molecule has 0 spiro atoms. The third-order valence-corrected chi connectivity index (χ3v) is 2.74. The van der Waals surface area contributed by atoms with Gasteiger partial charge in [-0.1, -0.05) is 0 Å². The quantitative estimate of drug-likeness (QED) is 0.833. The van der Waals surface area contributed by atoms with Gasteiger partial charge in [-0.2, -0.15) is 5.10 Å². The molecule has 5 heteroatoms. The van der Waals surface area contributed by atoms with E-state index in [9.17, 15) is 0 Å². The molecule has 1 aliphatic heterocycles. The Labute approximate surface area is 95.0 Å². The van der Waals surface area contributed by atoms with Crippen molar-refractivity contribution in [2.45, 2.75) is 31.8 Å². The lowest BCUT2D eigenvalue weighted by molar-refractivity contribution is 0.0161. The minimum atomic E-state index is 0.260. The molecule has 0 aromatic carbocycles. The number of hydrogen-bond donors (Lipinski definition) is 1. The summed E-state index contributed by atoms with van der Waals surface area (Å²) in [7, 11) is 1.53. The Morgan fingerprint density at radius 3 is 3.00 bits per heavy atom. The van der Waals surface area contributed by atoms with Crippen molar-refractivity contribution in [3.05, 3.63) is 11.8 Å². The van der Waals surface area contributed by atoms with Crippen molar-refractivity contribution in [2.24, 2.45) is 0 Å². The third-order valence-electron chi connectivity index (χ3n) is 2.74. The van der Waals surface area contributed by atoms with Gasteiger partial charge in [0.1, 0.15) is 0 Å². The second-order valence-corrected chi connectivity index (χ2v) is 3.99. The van der Waals surface area contributed by atoms with Gasteiger partial charge in [-0.05, 0) is 25.3 Å². The Morgan fingerprint density at radius 2 is 2.38 bits per heavy atom. The zero-order valence-electron chi connectivity index (χ0n) is 9.48. The van der Waals surface area contributed by atoms with E-state index in [1.165, 1.54) is 13.5 Å². The van der Waals surface area contributed by atoms with Crippen LogP contribution in [0.15, 0.2) is 6.07 Å². The van der Waals surface area contributed by atoms with Gasteiger partial charge in [0, 0.05) is 13.0 Å². The Kier molecular flexibility index (Phi) is 3.56. The molecule has 1 saturated heterocycles. The van der Waals surface area contributed by atoms with Crippen LogP contribution in [0.25, 0.3) is 0 Å². The van der Waals surface area contributed by atoms with Crippen molar-refractivity contribution in [2.75, 3.05) is 19.5 Å². The number of hydrogen-bond acceptors (Lipinski definition) is 5. The fraction of sp³-hybridized carbons (Fsp3) is 0.636. The van der Waals surface area contributed by atoms with Crippen molar-refractivity contribution >= 4 is 5.69 Å². The van der Waals surface area contributed by atoms with Crippen LogP contribution in [0.1, 0.15) is 25.0 Å². The van der Waals surface area contributed by atoms with E-state index in [2.05, 4.69) is 10.2 Å². The number of methoxy groups -OCH3 is 1. The first kappa shape index (κ1) is 11.1. The molecule has 0 amide bonds. The maximum atomic E-state index is 5.77. The first-order valence-corrected chi connectivity index (χ1v) is 5.57. The Balaban J connectivity index is 2.01. The normalized spacial score (nSPS) is 20.7. The van der Waals surface area contributed by atoms with Crippen molar-refractivity contribution < 1.29 is 9.47 Å². The van der Waals surface area contributed by atoms with Crippen LogP contribution in [0.5, 0.6) is 5.88 Å². The SMILES string of the molecule is COc1nnc(CC2CCCCO2)cc1N. The molecule has 0 radical (unpaired) electrons. The molecule has 1 fully saturated rings. The highest BCUT2D eigenvalue weighted by Gasteiger charge is 2.16. The predicted octanol–water partition coefficient (Wildman–Crippen LogP) is 1.18. The van der Waals surface area contributed by atoms with E-state index in [1.54, 1.807) is 0 Å². The van der Waals surface area contributed by atoms with Crippen LogP contribution < -0.4 is 10.5 Å². The number of ether oxygens (including phenoxy) is 2. The lowest BCUT2D eigenvalue weighted by Crippen LogP contribution is -2.22. The van der Waals surface area contributed by atoms with Crippen molar-refractivity contribution in [3.8, 4) is 5.88 Å². The van der Waals surface area contributed by atoms with E-state index >= 15 is 0 Å². The highest BCUT2D eigenvalue weighted by atomic mass is 16.5. The molecule has 2 rings (SSSR count). The minimum Gasteiger partial charge on any atom is -0.478 e. The van der Waals surface area contributed by atoms with Gasteiger partial charge in [-0.15, -0.1) is 5.10 Å². The summed E-state index contributed by atoms with van der Waals surface area (Å²) in [5, 5.41) is 7.98. The first-order chi connectivity index (χ1) is 7.79. The molecule has 2 N–H and O–H groups in total. The number of nitrogens with zero attached hydrogens (tertiary/aromatic N) is 2. The van der Waals surface area contributed by atoms with E-state index in [0.717, 1.165) is 31.6 Å². The van der Waals surface area contributed by atoms with Crippen LogP contribution in [0, 0.1) is 0 Å². The van der Waals surface area contributed by atoms with Crippen LogP contribution in [0.3, 0.4) is 0 Å². The average molecular weight is 223 g/mol. The van der Waals surface area contributed by atoms with E-state index in [0.29, 0.717) is 11.6 Å². The first-order valence-electron chi connectivity index (χ1n) is 5.57. The van der Waals surface area contributed by atoms with Crippen molar-refractivity contribution in [1.82, 2.24) is 10.2 Å². The average Bonchev–Trinajstić information content (AvgIpc) is 2.31. The third kappa shape index (κ3) is 2.61. The number of anilines is 1. The van der Waals surface area contributed by atoms with Crippen LogP contribution in [0.4, 0.5) is 5.69 Å². The molecular formula is C11H17N3O2.